The van der Waals surface area contributed by atoms with Crippen molar-refractivity contribution in [3.63, 3.8) is 0 Å². The molecule has 0 fully saturated rings. The molecule has 0 saturated carbocycles. The summed E-state index contributed by atoms with van der Waals surface area (Å²) >= 11 is 7.62. The highest BCUT2D eigenvalue weighted by Gasteiger charge is 2.09. The van der Waals surface area contributed by atoms with Gasteiger partial charge >= 0.3 is 0 Å². The number of benzene rings is 1. The van der Waals surface area contributed by atoms with Crippen molar-refractivity contribution in [2.45, 2.75) is 6.54 Å². The first-order valence-electron chi connectivity index (χ1n) is 8.72. The third-order valence-corrected chi connectivity index (χ3v) is 5.29. The van der Waals surface area contributed by atoms with Crippen LogP contribution in [-0.4, -0.2) is 21.0 Å². The van der Waals surface area contributed by atoms with Crippen molar-refractivity contribution >= 4 is 34.9 Å². The van der Waals surface area contributed by atoms with Gasteiger partial charge in [0.2, 0.25) is 17.6 Å². The van der Waals surface area contributed by atoms with Crippen LogP contribution in [0.5, 0.6) is 0 Å². The lowest BCUT2D eigenvalue weighted by Crippen LogP contribution is -2.20. The molecule has 1 N–H and O–H groups in total. The summed E-state index contributed by atoms with van der Waals surface area (Å²) in [5.41, 5.74) is 1.85. The Morgan fingerprint density at radius 2 is 2.00 bits per heavy atom. The largest absolute Gasteiger partial charge is 0.343 e. The summed E-state index contributed by atoms with van der Waals surface area (Å²) in [4.78, 5) is 22.3. The minimum absolute atomic E-state index is 0.152. The summed E-state index contributed by atoms with van der Waals surface area (Å²) in [6, 6.07) is 15.2. The molecule has 0 radical (unpaired) electrons. The van der Waals surface area contributed by atoms with E-state index in [-0.39, 0.29) is 12.5 Å². The van der Waals surface area contributed by atoms with E-state index in [9.17, 15) is 4.79 Å². The van der Waals surface area contributed by atoms with Crippen LogP contribution in [-0.2, 0) is 11.3 Å². The van der Waals surface area contributed by atoms with Crippen molar-refractivity contribution < 1.29 is 9.32 Å². The third-order valence-electron chi connectivity index (χ3n) is 3.96. The highest BCUT2D eigenvalue weighted by atomic mass is 35.5. The number of pyridine rings is 1. The number of thiophene rings is 1. The van der Waals surface area contributed by atoms with Gasteiger partial charge in [-0.15, -0.1) is 11.3 Å². The van der Waals surface area contributed by atoms with Crippen molar-refractivity contribution in [1.29, 1.82) is 0 Å². The standard InChI is InChI=1S/C21H15ClN4O2S/c22-16-3-1-2-15(12-16)18-6-4-17(29-18)5-7-19(27)24-13-20-25-21(26-28-20)14-8-10-23-11-9-14/h1-12H,13H2,(H,24,27). The van der Waals surface area contributed by atoms with E-state index in [4.69, 9.17) is 16.1 Å². The lowest BCUT2D eigenvalue weighted by atomic mass is 10.2. The fraction of sp³-hybridized carbons (Fsp3) is 0.0476. The Hall–Kier alpha value is -3.29. The molecule has 29 heavy (non-hydrogen) atoms. The molecule has 0 saturated heterocycles. The average Bonchev–Trinajstić information content (AvgIpc) is 3.41. The summed E-state index contributed by atoms with van der Waals surface area (Å²) in [7, 11) is 0. The van der Waals surface area contributed by atoms with Gasteiger partial charge in [-0.3, -0.25) is 9.78 Å². The van der Waals surface area contributed by atoms with Gasteiger partial charge in [-0.1, -0.05) is 28.9 Å². The zero-order valence-electron chi connectivity index (χ0n) is 15.1. The van der Waals surface area contributed by atoms with Crippen molar-refractivity contribution in [3.8, 4) is 21.8 Å². The average molecular weight is 423 g/mol. The maximum absolute atomic E-state index is 12.1. The van der Waals surface area contributed by atoms with Gasteiger partial charge in [0.15, 0.2) is 0 Å². The highest BCUT2D eigenvalue weighted by Crippen LogP contribution is 2.30. The molecule has 0 atom stereocenters. The van der Waals surface area contributed by atoms with Crippen LogP contribution in [0.25, 0.3) is 27.9 Å². The summed E-state index contributed by atoms with van der Waals surface area (Å²) < 4.78 is 5.17. The molecular formula is C21H15ClN4O2S. The Morgan fingerprint density at radius 1 is 1.14 bits per heavy atom. The first-order chi connectivity index (χ1) is 14.2. The predicted molar refractivity (Wildman–Crippen MR) is 113 cm³/mol. The van der Waals surface area contributed by atoms with E-state index in [1.165, 1.54) is 6.08 Å². The molecule has 6 nitrogen and oxygen atoms in total. The van der Waals surface area contributed by atoms with E-state index in [1.54, 1.807) is 41.9 Å². The second-order valence-electron chi connectivity index (χ2n) is 6.01. The van der Waals surface area contributed by atoms with Crippen molar-refractivity contribution in [2.75, 3.05) is 0 Å². The van der Waals surface area contributed by atoms with E-state index in [1.807, 2.05) is 36.4 Å². The minimum atomic E-state index is -0.244. The van der Waals surface area contributed by atoms with Crippen molar-refractivity contribution in [1.82, 2.24) is 20.4 Å². The SMILES string of the molecule is O=C(C=Cc1ccc(-c2cccc(Cl)c2)s1)NCc1nc(-c2ccncc2)no1. The third kappa shape index (κ3) is 4.96. The maximum Gasteiger partial charge on any atom is 0.246 e. The number of amides is 1. The van der Waals surface area contributed by atoms with Crippen LogP contribution in [0.3, 0.4) is 0 Å². The molecule has 0 aliphatic carbocycles. The fourth-order valence-electron chi connectivity index (χ4n) is 2.56. The van der Waals surface area contributed by atoms with E-state index < -0.39 is 0 Å². The lowest BCUT2D eigenvalue weighted by molar-refractivity contribution is -0.116. The molecule has 0 unspecified atom stereocenters. The maximum atomic E-state index is 12.1. The number of carbonyl (C=O) groups is 1. The Kier molecular flexibility index (Phi) is 5.79. The molecule has 0 aliphatic rings. The van der Waals surface area contributed by atoms with Crippen molar-refractivity contribution in [2.24, 2.45) is 0 Å². The molecule has 144 valence electrons. The van der Waals surface area contributed by atoms with Crippen molar-refractivity contribution in [3.05, 3.63) is 82.8 Å². The van der Waals surface area contributed by atoms with Gasteiger partial charge in [-0.2, -0.15) is 4.98 Å². The smallest absolute Gasteiger partial charge is 0.246 e. The van der Waals surface area contributed by atoms with E-state index in [2.05, 4.69) is 20.4 Å². The summed E-state index contributed by atoms with van der Waals surface area (Å²) in [5.74, 6) is 0.545. The number of hydrogen-bond acceptors (Lipinski definition) is 6. The van der Waals surface area contributed by atoms with Gasteiger partial charge in [-0.25, -0.2) is 0 Å². The Balaban J connectivity index is 1.33. The van der Waals surface area contributed by atoms with E-state index in [0.717, 1.165) is 20.9 Å². The first-order valence-corrected chi connectivity index (χ1v) is 9.91. The molecule has 1 aromatic carbocycles. The Labute approximate surface area is 175 Å². The quantitative estimate of drug-likeness (QED) is 0.449. The van der Waals surface area contributed by atoms with E-state index in [0.29, 0.717) is 16.7 Å². The number of carbonyl (C=O) groups excluding carboxylic acids is 1. The number of nitrogens with one attached hydrogen (secondary N) is 1. The van der Waals surface area contributed by atoms with Gasteiger partial charge in [0, 0.05) is 38.8 Å². The van der Waals surface area contributed by atoms with Crippen LogP contribution in [0.15, 0.2) is 71.5 Å². The number of aromatic nitrogens is 3. The second-order valence-corrected chi connectivity index (χ2v) is 7.56. The number of halogens is 1. The molecule has 0 aliphatic heterocycles. The number of hydrogen-bond donors (Lipinski definition) is 1. The molecule has 1 amide bonds. The van der Waals surface area contributed by atoms with Crippen LogP contribution in [0.2, 0.25) is 5.02 Å². The lowest BCUT2D eigenvalue weighted by Gasteiger charge is -1.97. The molecule has 4 aromatic rings. The van der Waals surface area contributed by atoms with Gasteiger partial charge in [-0.05, 0) is 48.0 Å². The summed E-state index contributed by atoms with van der Waals surface area (Å²) in [6.07, 6.45) is 6.55. The van der Waals surface area contributed by atoms with Crippen LogP contribution in [0, 0.1) is 0 Å². The van der Waals surface area contributed by atoms with Gasteiger partial charge in [0.05, 0.1) is 6.54 Å². The molecule has 0 bridgehead atoms. The van der Waals surface area contributed by atoms with Crippen LogP contribution < -0.4 is 5.32 Å². The molecule has 3 aromatic heterocycles. The topological polar surface area (TPSA) is 80.9 Å². The molecular weight excluding hydrogens is 408 g/mol. The summed E-state index contributed by atoms with van der Waals surface area (Å²) in [5, 5.41) is 7.33. The Morgan fingerprint density at radius 3 is 2.83 bits per heavy atom. The number of nitrogens with zero attached hydrogens (tertiary/aromatic N) is 3. The Bertz CT molecular complexity index is 1150. The first kappa shape index (κ1) is 19.0. The normalized spacial score (nSPS) is 11.1. The molecule has 8 heteroatoms. The zero-order valence-corrected chi connectivity index (χ0v) is 16.7. The zero-order chi connectivity index (χ0) is 20.1. The monoisotopic (exact) mass is 422 g/mol. The minimum Gasteiger partial charge on any atom is -0.343 e. The van der Waals surface area contributed by atoms with Crippen LogP contribution in [0.1, 0.15) is 10.8 Å². The predicted octanol–water partition coefficient (Wildman–Crippen LogP) is 4.84. The number of rotatable bonds is 6. The fourth-order valence-corrected chi connectivity index (χ4v) is 3.66. The molecule has 3 heterocycles. The van der Waals surface area contributed by atoms with Crippen LogP contribution >= 0.6 is 22.9 Å². The highest BCUT2D eigenvalue weighted by molar-refractivity contribution is 7.16. The molecule has 4 rings (SSSR count). The van der Waals surface area contributed by atoms with Gasteiger partial charge in [0.25, 0.3) is 0 Å². The van der Waals surface area contributed by atoms with Gasteiger partial charge < -0.3 is 9.84 Å². The van der Waals surface area contributed by atoms with Crippen LogP contribution in [0.4, 0.5) is 0 Å². The second kappa shape index (κ2) is 8.81. The van der Waals surface area contributed by atoms with E-state index >= 15 is 0 Å². The molecule has 0 spiro atoms. The summed E-state index contributed by atoms with van der Waals surface area (Å²) in [6.45, 7) is 0.152. The van der Waals surface area contributed by atoms with Gasteiger partial charge in [0.1, 0.15) is 0 Å².